The zero-order valence-corrected chi connectivity index (χ0v) is 13.3. The summed E-state index contributed by atoms with van der Waals surface area (Å²) in [6.07, 6.45) is 0. The van der Waals surface area contributed by atoms with Crippen LogP contribution < -0.4 is 4.72 Å². The molecule has 0 aromatic heterocycles. The Balaban J connectivity index is 2.11. The second-order valence-corrected chi connectivity index (χ2v) is 6.90. The molecule has 0 saturated carbocycles. The van der Waals surface area contributed by atoms with Gasteiger partial charge in [0.1, 0.15) is 6.04 Å². The van der Waals surface area contributed by atoms with E-state index in [1.165, 1.54) is 29.2 Å². The van der Waals surface area contributed by atoms with Gasteiger partial charge < -0.3 is 14.7 Å². The molecule has 9 heteroatoms. The van der Waals surface area contributed by atoms with Crippen LogP contribution in [0.15, 0.2) is 29.2 Å². The van der Waals surface area contributed by atoms with E-state index in [1.54, 1.807) is 0 Å². The Kier molecular flexibility index (Phi) is 5.76. The third-order valence-corrected chi connectivity index (χ3v) is 4.96. The lowest BCUT2D eigenvalue weighted by molar-refractivity contribution is -0.137. The second-order valence-electron chi connectivity index (χ2n) is 4.75. The number of halogens is 1. The van der Waals surface area contributed by atoms with Gasteiger partial charge in [-0.05, 0) is 24.3 Å². The number of aliphatic hydroxyl groups excluding tert-OH is 1. The molecule has 2 N–H and O–H groups in total. The fourth-order valence-electron chi connectivity index (χ4n) is 2.04. The van der Waals surface area contributed by atoms with E-state index in [0.29, 0.717) is 31.3 Å². The number of carbonyl (C=O) groups excluding carboxylic acids is 1. The Morgan fingerprint density at radius 1 is 1.32 bits per heavy atom. The van der Waals surface area contributed by atoms with Crippen LogP contribution >= 0.6 is 11.6 Å². The number of hydrogen-bond acceptors (Lipinski definition) is 5. The number of hydrogen-bond donors (Lipinski definition) is 2. The molecule has 1 heterocycles. The van der Waals surface area contributed by atoms with Crippen LogP contribution in [0.3, 0.4) is 0 Å². The SMILES string of the molecule is O=C(C(CO)NS(=O)(=O)c1ccc(Cl)cc1)N1CCOCC1. The second kappa shape index (κ2) is 7.38. The molecule has 1 amide bonds. The van der Waals surface area contributed by atoms with E-state index in [4.69, 9.17) is 16.3 Å². The van der Waals surface area contributed by atoms with Crippen molar-refractivity contribution >= 4 is 27.5 Å². The molecule has 1 fully saturated rings. The standard InChI is InChI=1S/C13H17ClN2O5S/c14-10-1-3-11(4-2-10)22(19,20)15-12(9-17)13(18)16-5-7-21-8-6-16/h1-4,12,15,17H,5-9H2. The number of aliphatic hydroxyl groups is 1. The van der Waals surface area contributed by atoms with Gasteiger partial charge in [-0.25, -0.2) is 8.42 Å². The fraction of sp³-hybridized carbons (Fsp3) is 0.462. The molecule has 22 heavy (non-hydrogen) atoms. The van der Waals surface area contributed by atoms with E-state index in [2.05, 4.69) is 4.72 Å². The first-order valence-electron chi connectivity index (χ1n) is 6.69. The van der Waals surface area contributed by atoms with Crippen LogP contribution in [0.1, 0.15) is 0 Å². The van der Waals surface area contributed by atoms with Gasteiger partial charge in [-0.3, -0.25) is 4.79 Å². The van der Waals surface area contributed by atoms with Gasteiger partial charge in [-0.1, -0.05) is 11.6 Å². The van der Waals surface area contributed by atoms with Crippen LogP contribution in [-0.2, 0) is 19.6 Å². The van der Waals surface area contributed by atoms with E-state index in [0.717, 1.165) is 0 Å². The number of carbonyl (C=O) groups is 1. The van der Waals surface area contributed by atoms with Crippen molar-refractivity contribution in [3.05, 3.63) is 29.3 Å². The van der Waals surface area contributed by atoms with Crippen molar-refractivity contribution in [2.45, 2.75) is 10.9 Å². The van der Waals surface area contributed by atoms with Crippen molar-refractivity contribution in [1.82, 2.24) is 9.62 Å². The van der Waals surface area contributed by atoms with Crippen LogP contribution in [0.4, 0.5) is 0 Å². The summed E-state index contributed by atoms with van der Waals surface area (Å²) >= 11 is 5.72. The van der Waals surface area contributed by atoms with E-state index >= 15 is 0 Å². The molecule has 1 aromatic rings. The zero-order chi connectivity index (χ0) is 16.2. The summed E-state index contributed by atoms with van der Waals surface area (Å²) in [6, 6.07) is 4.32. The van der Waals surface area contributed by atoms with E-state index in [-0.39, 0.29) is 4.90 Å². The number of benzene rings is 1. The summed E-state index contributed by atoms with van der Waals surface area (Å²) in [5.41, 5.74) is 0. The molecule has 2 rings (SSSR count). The van der Waals surface area contributed by atoms with Crippen LogP contribution in [0.25, 0.3) is 0 Å². The molecule has 1 aromatic carbocycles. The van der Waals surface area contributed by atoms with Gasteiger partial charge in [0.2, 0.25) is 15.9 Å². The molecule has 1 saturated heterocycles. The third kappa shape index (κ3) is 4.17. The van der Waals surface area contributed by atoms with Gasteiger partial charge in [0.25, 0.3) is 0 Å². The van der Waals surface area contributed by atoms with Crippen molar-refractivity contribution in [3.63, 3.8) is 0 Å². The molecular weight excluding hydrogens is 332 g/mol. The number of nitrogens with zero attached hydrogens (tertiary/aromatic N) is 1. The van der Waals surface area contributed by atoms with Gasteiger partial charge >= 0.3 is 0 Å². The Labute approximate surface area is 133 Å². The van der Waals surface area contributed by atoms with Crippen molar-refractivity contribution in [2.24, 2.45) is 0 Å². The summed E-state index contributed by atoms with van der Waals surface area (Å²) in [5.74, 6) is -0.469. The lowest BCUT2D eigenvalue weighted by Gasteiger charge is -2.30. The van der Waals surface area contributed by atoms with E-state index < -0.39 is 28.6 Å². The minimum atomic E-state index is -3.92. The topological polar surface area (TPSA) is 95.9 Å². The number of amides is 1. The van der Waals surface area contributed by atoms with Crippen LogP contribution in [0, 0.1) is 0 Å². The predicted octanol–water partition coefficient (Wildman–Crippen LogP) is -0.162. The fourth-order valence-corrected chi connectivity index (χ4v) is 3.35. The third-order valence-electron chi connectivity index (χ3n) is 3.22. The minimum Gasteiger partial charge on any atom is -0.394 e. The number of ether oxygens (including phenoxy) is 1. The van der Waals surface area contributed by atoms with Gasteiger partial charge in [-0.15, -0.1) is 0 Å². The summed E-state index contributed by atoms with van der Waals surface area (Å²) in [6.45, 7) is 0.917. The normalized spacial score (nSPS) is 17.3. The average molecular weight is 349 g/mol. The van der Waals surface area contributed by atoms with E-state index in [1.807, 2.05) is 0 Å². The molecule has 1 atom stereocenters. The summed E-state index contributed by atoms with van der Waals surface area (Å²) in [5, 5.41) is 9.76. The number of morpholine rings is 1. The first kappa shape index (κ1) is 17.2. The van der Waals surface area contributed by atoms with Gasteiger partial charge in [0.15, 0.2) is 0 Å². The molecule has 0 aliphatic carbocycles. The van der Waals surface area contributed by atoms with Crippen LogP contribution in [0.5, 0.6) is 0 Å². The lowest BCUT2D eigenvalue weighted by Crippen LogP contribution is -2.53. The highest BCUT2D eigenvalue weighted by Crippen LogP contribution is 2.14. The van der Waals surface area contributed by atoms with Crippen molar-refractivity contribution < 1.29 is 23.1 Å². The highest BCUT2D eigenvalue weighted by Gasteiger charge is 2.29. The Morgan fingerprint density at radius 3 is 2.45 bits per heavy atom. The van der Waals surface area contributed by atoms with Crippen LogP contribution in [0.2, 0.25) is 5.02 Å². The first-order chi connectivity index (χ1) is 10.4. The largest absolute Gasteiger partial charge is 0.394 e. The maximum absolute atomic E-state index is 12.3. The van der Waals surface area contributed by atoms with Gasteiger partial charge in [0.05, 0.1) is 24.7 Å². The lowest BCUT2D eigenvalue weighted by atomic mass is 10.2. The average Bonchev–Trinajstić information content (AvgIpc) is 2.53. The Bertz CT molecular complexity index is 614. The molecule has 0 radical (unpaired) electrons. The van der Waals surface area contributed by atoms with Gasteiger partial charge in [0, 0.05) is 18.1 Å². The quantitative estimate of drug-likeness (QED) is 0.770. The van der Waals surface area contributed by atoms with Gasteiger partial charge in [-0.2, -0.15) is 4.72 Å². The predicted molar refractivity (Wildman–Crippen MR) is 80.0 cm³/mol. The number of nitrogens with one attached hydrogen (secondary N) is 1. The Morgan fingerprint density at radius 2 is 1.91 bits per heavy atom. The van der Waals surface area contributed by atoms with Crippen LogP contribution in [-0.4, -0.2) is 63.3 Å². The highest BCUT2D eigenvalue weighted by molar-refractivity contribution is 7.89. The molecule has 1 unspecified atom stereocenters. The highest BCUT2D eigenvalue weighted by atomic mass is 35.5. The molecule has 7 nitrogen and oxygen atoms in total. The summed E-state index contributed by atoms with van der Waals surface area (Å²) in [7, 11) is -3.92. The summed E-state index contributed by atoms with van der Waals surface area (Å²) in [4.78, 5) is 13.7. The van der Waals surface area contributed by atoms with Crippen molar-refractivity contribution in [1.29, 1.82) is 0 Å². The molecule has 122 valence electrons. The van der Waals surface area contributed by atoms with Crippen molar-refractivity contribution in [2.75, 3.05) is 32.9 Å². The summed E-state index contributed by atoms with van der Waals surface area (Å²) < 4.78 is 31.8. The molecule has 0 spiro atoms. The number of sulfonamides is 1. The monoisotopic (exact) mass is 348 g/mol. The molecule has 1 aliphatic rings. The number of rotatable bonds is 5. The minimum absolute atomic E-state index is 0.0230. The molecule has 1 aliphatic heterocycles. The maximum Gasteiger partial charge on any atom is 0.243 e. The smallest absolute Gasteiger partial charge is 0.243 e. The van der Waals surface area contributed by atoms with Crippen molar-refractivity contribution in [3.8, 4) is 0 Å². The molecular formula is C13H17ClN2O5S. The zero-order valence-electron chi connectivity index (χ0n) is 11.7. The maximum atomic E-state index is 12.3. The molecule has 0 bridgehead atoms. The first-order valence-corrected chi connectivity index (χ1v) is 8.55. The van der Waals surface area contributed by atoms with E-state index in [9.17, 15) is 18.3 Å². The Hall–Kier alpha value is -1.19.